The van der Waals surface area contributed by atoms with Crippen LogP contribution in [-0.4, -0.2) is 32.5 Å². The van der Waals surface area contributed by atoms with Crippen LogP contribution < -0.4 is 10.0 Å². The molecule has 0 spiro atoms. The predicted molar refractivity (Wildman–Crippen MR) is 142 cm³/mol. The van der Waals surface area contributed by atoms with Crippen molar-refractivity contribution in [2.75, 3.05) is 11.0 Å². The molecule has 1 atom stereocenters. The first kappa shape index (κ1) is 31.6. The quantitative estimate of drug-likeness (QED) is 0.348. The maximum Gasteiger partial charge on any atom is 0.416 e. The Morgan fingerprint density at radius 3 is 2.03 bits per heavy atom. The number of fused-ring (bicyclic) bond motifs is 13. The van der Waals surface area contributed by atoms with E-state index in [1.807, 2.05) is 0 Å². The number of carbonyl (C=O) groups is 1. The summed E-state index contributed by atoms with van der Waals surface area (Å²) >= 11 is 0. The third-order valence-electron chi connectivity index (χ3n) is 8.37. The summed E-state index contributed by atoms with van der Waals surface area (Å²) in [6.45, 7) is 0. The number of hydrogen-bond acceptors (Lipinski definition) is 3. The largest absolute Gasteiger partial charge is 0.416 e. The lowest BCUT2D eigenvalue weighted by atomic mass is 9.71. The van der Waals surface area contributed by atoms with E-state index in [1.54, 1.807) is 0 Å². The molecule has 2 bridgehead atoms. The lowest BCUT2D eigenvalue weighted by Gasteiger charge is -2.42. The molecule has 1 aromatic carbocycles. The summed E-state index contributed by atoms with van der Waals surface area (Å²) in [6, 6.07) is 2.29. The van der Waals surface area contributed by atoms with Crippen molar-refractivity contribution in [3.8, 4) is 0 Å². The van der Waals surface area contributed by atoms with Crippen LogP contribution in [0.15, 0.2) is 18.2 Å². The Morgan fingerprint density at radius 1 is 0.897 bits per heavy atom. The number of anilines is 1. The maximum absolute atomic E-state index is 13.9. The molecule has 0 aromatic heterocycles. The van der Waals surface area contributed by atoms with Crippen LogP contribution in [0.5, 0.6) is 0 Å². The summed E-state index contributed by atoms with van der Waals surface area (Å²) in [6.07, 6.45) is 5.53. The highest BCUT2D eigenvalue weighted by Gasteiger charge is 2.39. The zero-order valence-corrected chi connectivity index (χ0v) is 23.4. The highest BCUT2D eigenvalue weighted by atomic mass is 32.2. The van der Waals surface area contributed by atoms with Crippen LogP contribution in [0.4, 0.5) is 27.6 Å². The Hall–Kier alpha value is -1.91. The molecule has 0 saturated heterocycles. The Kier molecular flexibility index (Phi) is 11.1. The van der Waals surface area contributed by atoms with Crippen molar-refractivity contribution < 1.29 is 35.2 Å². The first-order chi connectivity index (χ1) is 18.3. The van der Waals surface area contributed by atoms with Gasteiger partial charge in [0.05, 0.1) is 23.1 Å². The molecule has 2 N–H and O–H groups in total. The van der Waals surface area contributed by atoms with Crippen molar-refractivity contribution >= 4 is 21.6 Å². The lowest BCUT2D eigenvalue weighted by Crippen LogP contribution is -2.51. The molecule has 1 unspecified atom stereocenters. The molecule has 4 rings (SSSR count). The second-order valence-corrected chi connectivity index (χ2v) is 13.2. The fourth-order valence-electron chi connectivity index (χ4n) is 6.04. The van der Waals surface area contributed by atoms with Gasteiger partial charge < -0.3 is 5.32 Å². The van der Waals surface area contributed by atoms with Gasteiger partial charge in [0.25, 0.3) is 5.91 Å². The van der Waals surface area contributed by atoms with E-state index in [0.29, 0.717) is 43.7 Å². The van der Waals surface area contributed by atoms with Gasteiger partial charge in [-0.25, -0.2) is 17.2 Å². The van der Waals surface area contributed by atoms with Crippen molar-refractivity contribution in [1.82, 2.24) is 5.32 Å². The van der Waals surface area contributed by atoms with Gasteiger partial charge in [0.1, 0.15) is 0 Å². The van der Waals surface area contributed by atoms with E-state index >= 15 is 0 Å². The van der Waals surface area contributed by atoms with Crippen molar-refractivity contribution in [1.29, 1.82) is 0 Å². The van der Waals surface area contributed by atoms with Gasteiger partial charge in [0.15, 0.2) is 0 Å². The molecule has 3 fully saturated rings. The molecule has 39 heavy (non-hydrogen) atoms. The van der Waals surface area contributed by atoms with Gasteiger partial charge in [-0.1, -0.05) is 51.4 Å². The number of benzene rings is 1. The highest BCUT2D eigenvalue weighted by molar-refractivity contribution is 7.92. The number of hydrogen-bond donors (Lipinski definition) is 2. The average Bonchev–Trinajstić information content (AvgIpc) is 2.83. The molecule has 1 aromatic rings. The first-order valence-corrected chi connectivity index (χ1v) is 16.0. The van der Waals surface area contributed by atoms with Crippen LogP contribution >= 0.6 is 0 Å². The molecule has 5 nitrogen and oxygen atoms in total. The Labute approximate surface area is 228 Å². The summed E-state index contributed by atoms with van der Waals surface area (Å²) in [5.74, 6) is -1.18. The van der Waals surface area contributed by atoms with Crippen LogP contribution in [0.2, 0.25) is 0 Å². The van der Waals surface area contributed by atoms with E-state index in [0.717, 1.165) is 76.5 Å². The molecular formula is C28H41F5N2O3S. The van der Waals surface area contributed by atoms with E-state index < -0.39 is 51.1 Å². The van der Waals surface area contributed by atoms with Crippen LogP contribution in [0, 0.1) is 11.8 Å². The third-order valence-corrected chi connectivity index (χ3v) is 8.96. The molecule has 3 saturated carbocycles. The molecule has 0 aliphatic heterocycles. The lowest BCUT2D eigenvalue weighted by molar-refractivity contribution is -0.137. The summed E-state index contributed by atoms with van der Waals surface area (Å²) in [5.41, 5.74) is -2.62. The zero-order chi connectivity index (χ0) is 28.7. The summed E-state index contributed by atoms with van der Waals surface area (Å²) < 4.78 is 94.0. The summed E-state index contributed by atoms with van der Waals surface area (Å²) in [7, 11) is -3.88. The standard InChI is InChI=1S/C28H41F5N2O3S/c1-39(37,38)35-24-12-11-22(28(31,32)33)19-23(24)26(36)34-27-16-13-20(14-17-27)9-7-5-3-2-4-6-8-10-21(15-18-27)25(29)30/h11-12,19-21,25,35H,2-10,13-18H2,1H3,(H,34,36). The van der Waals surface area contributed by atoms with E-state index in [1.165, 1.54) is 0 Å². The van der Waals surface area contributed by atoms with Crippen molar-refractivity contribution in [3.05, 3.63) is 29.3 Å². The minimum atomic E-state index is -4.73. The van der Waals surface area contributed by atoms with Gasteiger partial charge in [0.2, 0.25) is 16.4 Å². The average molecular weight is 581 g/mol. The molecule has 1 amide bonds. The topological polar surface area (TPSA) is 75.3 Å². The van der Waals surface area contributed by atoms with E-state index in [4.69, 9.17) is 0 Å². The smallest absolute Gasteiger partial charge is 0.347 e. The summed E-state index contributed by atoms with van der Waals surface area (Å²) in [5, 5.41) is 2.92. The highest BCUT2D eigenvalue weighted by Crippen LogP contribution is 2.40. The number of rotatable bonds is 5. The van der Waals surface area contributed by atoms with Crippen molar-refractivity contribution in [3.63, 3.8) is 0 Å². The minimum absolute atomic E-state index is 0.208. The number of halogens is 5. The van der Waals surface area contributed by atoms with Crippen LogP contribution in [0.25, 0.3) is 0 Å². The van der Waals surface area contributed by atoms with E-state index in [-0.39, 0.29) is 12.1 Å². The molecule has 0 heterocycles. The maximum atomic E-state index is 13.9. The van der Waals surface area contributed by atoms with Gasteiger partial charge in [-0.2, -0.15) is 13.2 Å². The monoisotopic (exact) mass is 580 g/mol. The Bertz CT molecular complexity index is 1050. The number of amides is 1. The van der Waals surface area contributed by atoms with E-state index in [2.05, 4.69) is 10.0 Å². The second kappa shape index (κ2) is 13.6. The zero-order valence-electron chi connectivity index (χ0n) is 22.6. The van der Waals surface area contributed by atoms with Gasteiger partial charge in [-0.3, -0.25) is 9.52 Å². The molecular weight excluding hydrogens is 539 g/mol. The first-order valence-electron chi connectivity index (χ1n) is 14.1. The second-order valence-electron chi connectivity index (χ2n) is 11.5. The van der Waals surface area contributed by atoms with Crippen LogP contribution in [-0.2, 0) is 16.2 Å². The van der Waals surface area contributed by atoms with Gasteiger partial charge in [-0.05, 0) is 69.1 Å². The van der Waals surface area contributed by atoms with Crippen molar-refractivity contribution in [2.24, 2.45) is 11.8 Å². The van der Waals surface area contributed by atoms with E-state index in [9.17, 15) is 35.2 Å². The summed E-state index contributed by atoms with van der Waals surface area (Å²) in [4.78, 5) is 13.5. The van der Waals surface area contributed by atoms with Crippen molar-refractivity contribution in [2.45, 2.75) is 114 Å². The fourth-order valence-corrected chi connectivity index (χ4v) is 6.62. The minimum Gasteiger partial charge on any atom is -0.347 e. The van der Waals surface area contributed by atoms with Crippen LogP contribution in [0.1, 0.15) is 112 Å². The molecule has 222 valence electrons. The SMILES string of the molecule is CS(=O)(=O)Nc1ccc(C(F)(F)F)cc1C(=O)NC12CCC(CCCCCCCCCC(C(F)F)CC1)CC2. The predicted octanol–water partition coefficient (Wildman–Crippen LogP) is 7.92. The number of alkyl halides is 5. The normalized spacial score (nSPS) is 26.3. The number of nitrogens with one attached hydrogen (secondary N) is 2. The van der Waals surface area contributed by atoms with Gasteiger partial charge >= 0.3 is 6.18 Å². The molecule has 0 radical (unpaired) electrons. The third kappa shape index (κ3) is 9.90. The molecule has 3 aliphatic rings. The Morgan fingerprint density at radius 2 is 1.46 bits per heavy atom. The Balaban J connectivity index is 1.88. The van der Waals surface area contributed by atoms with Crippen LogP contribution in [0.3, 0.4) is 0 Å². The number of sulfonamides is 1. The van der Waals surface area contributed by atoms with Gasteiger partial charge in [0, 0.05) is 11.5 Å². The molecule has 11 heteroatoms. The molecule has 3 aliphatic carbocycles. The van der Waals surface area contributed by atoms with Gasteiger partial charge in [-0.15, -0.1) is 0 Å². The number of carbonyl (C=O) groups excluding carboxylic acids is 1. The fraction of sp³-hybridized carbons (Fsp3) is 0.750.